The van der Waals surface area contributed by atoms with E-state index in [2.05, 4.69) is 20.0 Å². The maximum atomic E-state index is 13.4. The van der Waals surface area contributed by atoms with Gasteiger partial charge >= 0.3 is 6.61 Å². The Morgan fingerprint density at radius 3 is 2.36 bits per heavy atom. The van der Waals surface area contributed by atoms with E-state index in [1.165, 1.54) is 17.0 Å². The van der Waals surface area contributed by atoms with Crippen molar-refractivity contribution in [1.82, 2.24) is 24.2 Å². The van der Waals surface area contributed by atoms with Gasteiger partial charge in [-0.15, -0.1) is 0 Å². The highest BCUT2D eigenvalue weighted by Crippen LogP contribution is 2.29. The van der Waals surface area contributed by atoms with Crippen molar-refractivity contribution >= 4 is 29.0 Å². The minimum atomic E-state index is -2.89. The number of halogens is 2. The summed E-state index contributed by atoms with van der Waals surface area (Å²) >= 11 is 0. The zero-order valence-electron chi connectivity index (χ0n) is 23.9. The molecule has 4 aromatic rings. The lowest BCUT2D eigenvalue weighted by Gasteiger charge is -2.33. The Kier molecular flexibility index (Phi) is 8.15. The zero-order valence-corrected chi connectivity index (χ0v) is 23.9. The fourth-order valence-electron chi connectivity index (χ4n) is 5.85. The lowest BCUT2D eigenvalue weighted by atomic mass is 9.94. The minimum absolute atomic E-state index is 0.0686. The topological polar surface area (TPSA) is 133 Å². The number of carbonyl (C=O) groups excluding carboxylic acids is 2. The molecule has 0 spiro atoms. The van der Waals surface area contributed by atoms with Gasteiger partial charge in [0, 0.05) is 61.3 Å². The number of anilines is 2. The van der Waals surface area contributed by atoms with E-state index in [0.29, 0.717) is 43.0 Å². The van der Waals surface area contributed by atoms with Gasteiger partial charge in [-0.1, -0.05) is 0 Å². The molecule has 2 aromatic heterocycles. The van der Waals surface area contributed by atoms with Gasteiger partial charge in [-0.2, -0.15) is 8.78 Å². The van der Waals surface area contributed by atoms with Crippen LogP contribution in [0, 0.1) is 12.8 Å². The molecule has 2 amide bonds. The molecule has 6 rings (SSSR count). The molecule has 2 aromatic carbocycles. The van der Waals surface area contributed by atoms with E-state index >= 15 is 0 Å². The number of carbonyl (C=O) groups is 2. The van der Waals surface area contributed by atoms with Crippen LogP contribution in [-0.2, 0) is 4.79 Å². The number of ether oxygens (including phenoxy) is 1. The Labute approximate surface area is 251 Å². The third-order valence-corrected chi connectivity index (χ3v) is 8.22. The summed E-state index contributed by atoms with van der Waals surface area (Å²) in [7, 11) is 0. The lowest BCUT2D eigenvalue weighted by Crippen LogP contribution is -2.44. The molecule has 11 nitrogen and oxygen atoms in total. The largest absolute Gasteiger partial charge is 0.435 e. The molecule has 0 saturated carbocycles. The number of amides is 2. The van der Waals surface area contributed by atoms with Crippen molar-refractivity contribution in [2.24, 2.45) is 5.92 Å². The van der Waals surface area contributed by atoms with Crippen molar-refractivity contribution < 1.29 is 33.3 Å². The molecule has 0 unspecified atom stereocenters. The van der Waals surface area contributed by atoms with E-state index in [4.69, 9.17) is 0 Å². The molecule has 230 valence electrons. The van der Waals surface area contributed by atoms with Crippen LogP contribution in [0.2, 0.25) is 0 Å². The van der Waals surface area contributed by atoms with Crippen LogP contribution >= 0.6 is 0 Å². The van der Waals surface area contributed by atoms with E-state index in [0.717, 1.165) is 22.5 Å². The van der Waals surface area contributed by atoms with Gasteiger partial charge in [0.15, 0.2) is 11.5 Å². The number of hydrogen-bond acceptors (Lipinski definition) is 8. The molecule has 0 bridgehead atoms. The third-order valence-electron chi connectivity index (χ3n) is 8.22. The highest BCUT2D eigenvalue weighted by Gasteiger charge is 2.37. The number of benzene rings is 2. The maximum Gasteiger partial charge on any atom is 0.387 e. The Morgan fingerprint density at radius 2 is 1.70 bits per heavy atom. The molecular weight excluding hydrogens is 574 g/mol. The third kappa shape index (κ3) is 5.92. The molecule has 44 heavy (non-hydrogen) atoms. The summed E-state index contributed by atoms with van der Waals surface area (Å²) in [5.41, 5.74) is 4.13. The Balaban J connectivity index is 1.11. The van der Waals surface area contributed by atoms with E-state index in [-0.39, 0.29) is 36.6 Å². The van der Waals surface area contributed by atoms with Gasteiger partial charge in [0.25, 0.3) is 5.91 Å². The number of rotatable bonds is 7. The second-order valence-electron chi connectivity index (χ2n) is 11.1. The summed E-state index contributed by atoms with van der Waals surface area (Å²) in [6, 6.07) is 11.7. The molecule has 0 radical (unpaired) electrons. The highest BCUT2D eigenvalue weighted by molar-refractivity contribution is 5.96. The van der Waals surface area contributed by atoms with Gasteiger partial charge in [0.2, 0.25) is 5.91 Å². The van der Waals surface area contributed by atoms with Gasteiger partial charge in [-0.05, 0) is 67.8 Å². The second-order valence-corrected chi connectivity index (χ2v) is 11.1. The van der Waals surface area contributed by atoms with Crippen LogP contribution in [0.5, 0.6) is 5.75 Å². The average Bonchev–Trinajstić information content (AvgIpc) is 3.60. The van der Waals surface area contributed by atoms with Gasteiger partial charge < -0.3 is 30.1 Å². The van der Waals surface area contributed by atoms with Gasteiger partial charge in [0.1, 0.15) is 5.75 Å². The van der Waals surface area contributed by atoms with Crippen LogP contribution in [0.25, 0.3) is 16.9 Å². The summed E-state index contributed by atoms with van der Waals surface area (Å²) in [6.45, 7) is 0.143. The van der Waals surface area contributed by atoms with E-state index in [9.17, 15) is 28.6 Å². The van der Waals surface area contributed by atoms with Crippen LogP contribution in [0.15, 0.2) is 61.1 Å². The number of β-amino-alcohol motifs (C(OH)–C–C–N with tert-alkyl or cyclic N) is 2. The quantitative estimate of drug-likeness (QED) is 0.292. The summed E-state index contributed by atoms with van der Waals surface area (Å²) in [6.07, 6.45) is 4.29. The number of aliphatic hydroxyl groups is 2. The molecule has 4 heterocycles. The van der Waals surface area contributed by atoms with Crippen LogP contribution in [0.1, 0.15) is 28.8 Å². The number of fused-ring (bicyclic) bond motifs is 1. The molecule has 2 saturated heterocycles. The average molecular weight is 607 g/mol. The standard InChI is InChI=1S/C31H32F2N6O5/c1-18-14-21(4-7-23(18)30(43)37-11-8-20(9-12-37)29(42)38-16-25(40)26(41)17-38)36-27-28-35-15-24(39(28)13-10-34-27)19-2-5-22(6-3-19)44-31(32)33/h2-7,10,13-15,20,25-26,31,40-41H,8-9,11-12,16-17H2,1H3,(H,34,36)/t25-,26-/m0/s1. The van der Waals surface area contributed by atoms with Gasteiger partial charge in [-0.3, -0.25) is 14.0 Å². The minimum Gasteiger partial charge on any atom is -0.435 e. The number of alkyl halides is 2. The second kappa shape index (κ2) is 12.2. The predicted octanol–water partition coefficient (Wildman–Crippen LogP) is 3.47. The number of nitrogens with zero attached hydrogens (tertiary/aromatic N) is 5. The van der Waals surface area contributed by atoms with Crippen molar-refractivity contribution in [3.63, 3.8) is 0 Å². The first kappa shape index (κ1) is 29.5. The van der Waals surface area contributed by atoms with Crippen molar-refractivity contribution in [2.75, 3.05) is 31.5 Å². The van der Waals surface area contributed by atoms with Crippen LogP contribution in [0.4, 0.5) is 20.3 Å². The summed E-state index contributed by atoms with van der Waals surface area (Å²) in [4.78, 5) is 38.4. The Bertz CT molecular complexity index is 1660. The molecule has 2 atom stereocenters. The fraction of sp³-hybridized carbons (Fsp3) is 0.355. The van der Waals surface area contributed by atoms with Crippen molar-refractivity contribution in [3.05, 3.63) is 72.2 Å². The van der Waals surface area contributed by atoms with Crippen LogP contribution in [0.3, 0.4) is 0 Å². The molecule has 0 aliphatic carbocycles. The number of hydrogen-bond donors (Lipinski definition) is 3. The number of likely N-dealkylation sites (tertiary alicyclic amines) is 2. The molecular formula is C31H32F2N6O5. The van der Waals surface area contributed by atoms with Crippen LogP contribution in [-0.4, -0.2) is 91.2 Å². The first-order chi connectivity index (χ1) is 21.2. The van der Waals surface area contributed by atoms with Crippen molar-refractivity contribution in [1.29, 1.82) is 0 Å². The number of nitrogens with one attached hydrogen (secondary N) is 1. The van der Waals surface area contributed by atoms with E-state index in [1.807, 2.05) is 17.4 Å². The smallest absolute Gasteiger partial charge is 0.387 e. The first-order valence-corrected chi connectivity index (χ1v) is 14.4. The highest BCUT2D eigenvalue weighted by atomic mass is 19.3. The van der Waals surface area contributed by atoms with Gasteiger partial charge in [-0.25, -0.2) is 9.97 Å². The number of aryl methyl sites for hydroxylation is 1. The zero-order chi connectivity index (χ0) is 31.0. The molecule has 2 aliphatic rings. The van der Waals surface area contributed by atoms with E-state index < -0.39 is 18.8 Å². The first-order valence-electron chi connectivity index (χ1n) is 14.4. The number of piperidine rings is 1. The molecule has 2 aliphatic heterocycles. The summed E-state index contributed by atoms with van der Waals surface area (Å²) < 4.78 is 31.3. The maximum absolute atomic E-state index is 13.4. The van der Waals surface area contributed by atoms with Crippen molar-refractivity contribution in [3.8, 4) is 17.0 Å². The fourth-order valence-corrected chi connectivity index (χ4v) is 5.85. The monoisotopic (exact) mass is 606 g/mol. The van der Waals surface area contributed by atoms with E-state index in [1.54, 1.807) is 47.8 Å². The molecule has 2 fully saturated rings. The SMILES string of the molecule is Cc1cc(Nc2nccn3c(-c4ccc(OC(F)F)cc4)cnc23)ccc1C(=O)N1CCC(C(=O)N2C[C@H](O)[C@@H](O)C2)CC1. The number of aromatic nitrogens is 3. The molecule has 3 N–H and O–H groups in total. The molecule has 13 heteroatoms. The van der Waals surface area contributed by atoms with Crippen molar-refractivity contribution in [2.45, 2.75) is 38.6 Å². The lowest BCUT2D eigenvalue weighted by molar-refractivity contribution is -0.136. The number of aliphatic hydroxyl groups excluding tert-OH is 2. The summed E-state index contributed by atoms with van der Waals surface area (Å²) in [5.74, 6) is 0.153. The van der Waals surface area contributed by atoms with Crippen LogP contribution < -0.4 is 10.1 Å². The summed E-state index contributed by atoms with van der Waals surface area (Å²) in [5, 5.41) is 22.8. The number of imidazole rings is 1. The predicted molar refractivity (Wildman–Crippen MR) is 157 cm³/mol. The van der Waals surface area contributed by atoms with Gasteiger partial charge in [0.05, 0.1) is 24.1 Å². The normalized spacial score (nSPS) is 19.1. The Morgan fingerprint density at radius 1 is 1.00 bits per heavy atom. The Hall–Kier alpha value is -4.62.